The third kappa shape index (κ3) is 3.66. The fraction of sp³-hybridized carbons (Fsp3) is 0.500. The quantitative estimate of drug-likeness (QED) is 0.897. The van der Waals surface area contributed by atoms with Crippen molar-refractivity contribution >= 4 is 11.5 Å². The van der Waals surface area contributed by atoms with Crippen LogP contribution in [0.5, 0.6) is 0 Å². The molecule has 5 nitrogen and oxygen atoms in total. The molecule has 0 radical (unpaired) electrons. The predicted molar refractivity (Wildman–Crippen MR) is 88.8 cm³/mol. The highest BCUT2D eigenvalue weighted by atomic mass is 19.1. The van der Waals surface area contributed by atoms with Crippen LogP contribution in [0.4, 0.5) is 4.39 Å². The standard InChI is InChI=1S/C18H23FN2O3/c1-24-12-18(23)21-10-16(17(22)11-21)20-8-6-14(7-9-20)13-2-4-15(19)5-3-13/h2-6,16-17,22H,7-12H2,1H3/t16-,17-/m0/s1. The van der Waals surface area contributed by atoms with Crippen LogP contribution in [0.25, 0.3) is 5.57 Å². The van der Waals surface area contributed by atoms with Gasteiger partial charge in [0.25, 0.3) is 0 Å². The molecule has 2 heterocycles. The first-order valence-corrected chi connectivity index (χ1v) is 8.22. The highest BCUT2D eigenvalue weighted by Gasteiger charge is 2.37. The lowest BCUT2D eigenvalue weighted by Crippen LogP contribution is -2.45. The molecule has 0 aliphatic carbocycles. The van der Waals surface area contributed by atoms with Crippen molar-refractivity contribution in [2.75, 3.05) is 39.9 Å². The fourth-order valence-corrected chi connectivity index (χ4v) is 3.46. The van der Waals surface area contributed by atoms with Gasteiger partial charge in [0.2, 0.25) is 5.91 Å². The molecule has 6 heteroatoms. The van der Waals surface area contributed by atoms with E-state index in [9.17, 15) is 14.3 Å². The van der Waals surface area contributed by atoms with Gasteiger partial charge in [-0.2, -0.15) is 0 Å². The molecule has 1 aromatic carbocycles. The van der Waals surface area contributed by atoms with Crippen molar-refractivity contribution in [3.8, 4) is 0 Å². The van der Waals surface area contributed by atoms with Crippen molar-refractivity contribution in [1.82, 2.24) is 9.80 Å². The molecule has 1 amide bonds. The van der Waals surface area contributed by atoms with Gasteiger partial charge in [-0.05, 0) is 29.7 Å². The van der Waals surface area contributed by atoms with Gasteiger partial charge >= 0.3 is 0 Å². The van der Waals surface area contributed by atoms with Crippen molar-refractivity contribution in [2.45, 2.75) is 18.6 Å². The zero-order valence-corrected chi connectivity index (χ0v) is 13.8. The molecule has 0 saturated carbocycles. The van der Waals surface area contributed by atoms with Crippen LogP contribution in [0.2, 0.25) is 0 Å². The summed E-state index contributed by atoms with van der Waals surface area (Å²) in [7, 11) is 1.49. The lowest BCUT2D eigenvalue weighted by molar-refractivity contribution is -0.134. The number of amides is 1. The molecule has 1 fully saturated rings. The van der Waals surface area contributed by atoms with E-state index in [2.05, 4.69) is 11.0 Å². The maximum atomic E-state index is 13.0. The summed E-state index contributed by atoms with van der Waals surface area (Å²) in [5.74, 6) is -0.315. The van der Waals surface area contributed by atoms with E-state index < -0.39 is 6.10 Å². The van der Waals surface area contributed by atoms with Crippen LogP contribution in [0.15, 0.2) is 30.3 Å². The van der Waals surface area contributed by atoms with Gasteiger partial charge in [-0.1, -0.05) is 18.2 Å². The number of aliphatic hydroxyl groups excluding tert-OH is 1. The number of β-amino-alcohol motifs (C(OH)–C–C–N with tert-alkyl or cyclic N) is 1. The van der Waals surface area contributed by atoms with Crippen LogP contribution in [0.3, 0.4) is 0 Å². The first-order chi connectivity index (χ1) is 11.6. The SMILES string of the molecule is COCC(=O)N1C[C@H](O)[C@@H](N2CC=C(c3ccc(F)cc3)CC2)C1. The summed E-state index contributed by atoms with van der Waals surface area (Å²) < 4.78 is 17.9. The normalized spacial score (nSPS) is 25.0. The van der Waals surface area contributed by atoms with Gasteiger partial charge in [-0.25, -0.2) is 4.39 Å². The number of carbonyl (C=O) groups is 1. The largest absolute Gasteiger partial charge is 0.390 e. The van der Waals surface area contributed by atoms with Crippen LogP contribution in [0.1, 0.15) is 12.0 Å². The number of methoxy groups -OCH3 is 1. The lowest BCUT2D eigenvalue weighted by atomic mass is 9.98. The Morgan fingerprint density at radius 3 is 2.71 bits per heavy atom. The zero-order valence-electron chi connectivity index (χ0n) is 13.8. The minimum atomic E-state index is -0.536. The molecule has 1 aromatic rings. The molecule has 1 saturated heterocycles. The van der Waals surface area contributed by atoms with Crippen molar-refractivity contribution < 1.29 is 19.0 Å². The number of hydrogen-bond donors (Lipinski definition) is 1. The second kappa shape index (κ2) is 7.42. The second-order valence-corrected chi connectivity index (χ2v) is 6.35. The molecule has 2 atom stereocenters. The summed E-state index contributed by atoms with van der Waals surface area (Å²) in [6.07, 6.45) is 2.44. The summed E-state index contributed by atoms with van der Waals surface area (Å²) in [4.78, 5) is 15.8. The minimum Gasteiger partial charge on any atom is -0.390 e. The van der Waals surface area contributed by atoms with E-state index in [4.69, 9.17) is 4.74 Å². The summed E-state index contributed by atoms with van der Waals surface area (Å²) in [6.45, 7) is 2.48. The molecule has 3 rings (SSSR count). The Kier molecular flexibility index (Phi) is 5.28. The van der Waals surface area contributed by atoms with Crippen LogP contribution in [0, 0.1) is 5.82 Å². The first-order valence-electron chi connectivity index (χ1n) is 8.22. The third-order valence-electron chi connectivity index (χ3n) is 4.80. The van der Waals surface area contributed by atoms with E-state index in [1.54, 1.807) is 17.0 Å². The summed E-state index contributed by atoms with van der Waals surface area (Å²) in [5, 5.41) is 10.3. The third-order valence-corrected chi connectivity index (χ3v) is 4.80. The van der Waals surface area contributed by atoms with E-state index in [-0.39, 0.29) is 24.4 Å². The molecule has 0 bridgehead atoms. The van der Waals surface area contributed by atoms with Crippen LogP contribution < -0.4 is 0 Å². The number of ether oxygens (including phenoxy) is 1. The average Bonchev–Trinajstić information content (AvgIpc) is 2.98. The zero-order chi connectivity index (χ0) is 17.1. The number of rotatable bonds is 4. The van der Waals surface area contributed by atoms with E-state index in [1.165, 1.54) is 24.8 Å². The summed E-state index contributed by atoms with van der Waals surface area (Å²) >= 11 is 0. The first kappa shape index (κ1) is 17.1. The Balaban J connectivity index is 1.62. The Bertz CT molecular complexity index is 617. The van der Waals surface area contributed by atoms with Crippen LogP contribution in [-0.2, 0) is 9.53 Å². The predicted octanol–water partition coefficient (Wildman–Crippen LogP) is 1.13. The van der Waals surface area contributed by atoms with Crippen LogP contribution in [-0.4, -0.2) is 72.9 Å². The Labute approximate surface area is 141 Å². The molecule has 24 heavy (non-hydrogen) atoms. The molecule has 2 aliphatic heterocycles. The van der Waals surface area contributed by atoms with E-state index in [1.807, 2.05) is 0 Å². The molecule has 0 unspecified atom stereocenters. The molecule has 0 spiro atoms. The molecular weight excluding hydrogens is 311 g/mol. The van der Waals surface area contributed by atoms with Crippen molar-refractivity contribution in [3.63, 3.8) is 0 Å². The highest BCUT2D eigenvalue weighted by molar-refractivity contribution is 5.78. The average molecular weight is 334 g/mol. The van der Waals surface area contributed by atoms with E-state index in [0.717, 1.165) is 25.1 Å². The molecule has 0 aromatic heterocycles. The number of nitrogens with zero attached hydrogens (tertiary/aromatic N) is 2. The van der Waals surface area contributed by atoms with Gasteiger partial charge in [-0.15, -0.1) is 0 Å². The maximum absolute atomic E-state index is 13.0. The number of likely N-dealkylation sites (tertiary alicyclic amines) is 1. The number of aliphatic hydroxyl groups is 1. The number of carbonyl (C=O) groups excluding carboxylic acids is 1. The smallest absolute Gasteiger partial charge is 0.248 e. The molecular formula is C18H23FN2O3. The van der Waals surface area contributed by atoms with Gasteiger partial charge < -0.3 is 14.7 Å². The molecule has 1 N–H and O–H groups in total. The number of hydrogen-bond acceptors (Lipinski definition) is 4. The van der Waals surface area contributed by atoms with Gasteiger partial charge in [0.15, 0.2) is 0 Å². The van der Waals surface area contributed by atoms with Crippen molar-refractivity contribution in [2.24, 2.45) is 0 Å². The monoisotopic (exact) mass is 334 g/mol. The Morgan fingerprint density at radius 1 is 1.33 bits per heavy atom. The van der Waals surface area contributed by atoms with E-state index >= 15 is 0 Å². The maximum Gasteiger partial charge on any atom is 0.248 e. The van der Waals surface area contributed by atoms with Gasteiger partial charge in [0.05, 0.1) is 12.1 Å². The molecule has 130 valence electrons. The van der Waals surface area contributed by atoms with Gasteiger partial charge in [-0.3, -0.25) is 9.69 Å². The van der Waals surface area contributed by atoms with E-state index in [0.29, 0.717) is 13.1 Å². The van der Waals surface area contributed by atoms with Crippen molar-refractivity contribution in [1.29, 1.82) is 0 Å². The number of benzene rings is 1. The Hall–Kier alpha value is -1.76. The van der Waals surface area contributed by atoms with Crippen LogP contribution >= 0.6 is 0 Å². The molecule has 2 aliphatic rings. The van der Waals surface area contributed by atoms with Gasteiger partial charge in [0, 0.05) is 33.3 Å². The summed E-state index contributed by atoms with van der Waals surface area (Å²) in [5.41, 5.74) is 2.24. The minimum absolute atomic E-state index is 0.0446. The fourth-order valence-electron chi connectivity index (χ4n) is 3.46. The van der Waals surface area contributed by atoms with Gasteiger partial charge in [0.1, 0.15) is 12.4 Å². The Morgan fingerprint density at radius 2 is 2.08 bits per heavy atom. The second-order valence-electron chi connectivity index (χ2n) is 6.35. The summed E-state index contributed by atoms with van der Waals surface area (Å²) in [6, 6.07) is 6.50. The van der Waals surface area contributed by atoms with Crippen molar-refractivity contribution in [3.05, 3.63) is 41.7 Å². The highest BCUT2D eigenvalue weighted by Crippen LogP contribution is 2.26. The lowest BCUT2D eigenvalue weighted by Gasteiger charge is -2.33. The topological polar surface area (TPSA) is 53.0 Å². The number of halogens is 1.